The molecular weight excluding hydrogens is 305 g/mol. The standard InChI is InChI=1S/C19H18FN3O/c1-23-7-6-14-8-12(4-5-17(14)19(23)24)13-2-3-15(18(20)10-13)9-16(22)11-21/h2-5,8,10,16H,6-7,9,22H2,1H3/t16-/m0/s1. The molecule has 122 valence electrons. The largest absolute Gasteiger partial charge is 0.341 e. The number of hydrogen-bond acceptors (Lipinski definition) is 3. The van der Waals surface area contributed by atoms with Crippen LogP contribution in [0.25, 0.3) is 11.1 Å². The lowest BCUT2D eigenvalue weighted by atomic mass is 9.93. The van der Waals surface area contributed by atoms with Gasteiger partial charge >= 0.3 is 0 Å². The number of halogens is 1. The number of nitrogens with two attached hydrogens (primary N) is 1. The van der Waals surface area contributed by atoms with E-state index in [4.69, 9.17) is 11.0 Å². The van der Waals surface area contributed by atoms with E-state index in [1.165, 1.54) is 6.07 Å². The van der Waals surface area contributed by atoms with E-state index < -0.39 is 6.04 Å². The van der Waals surface area contributed by atoms with Gasteiger partial charge < -0.3 is 10.6 Å². The van der Waals surface area contributed by atoms with Crippen LogP contribution in [0.4, 0.5) is 4.39 Å². The molecule has 2 N–H and O–H groups in total. The molecule has 0 saturated heterocycles. The first-order chi connectivity index (χ1) is 11.5. The second kappa shape index (κ2) is 6.42. The van der Waals surface area contributed by atoms with Gasteiger partial charge in [-0.2, -0.15) is 5.26 Å². The summed E-state index contributed by atoms with van der Waals surface area (Å²) >= 11 is 0. The molecule has 0 aliphatic carbocycles. The highest BCUT2D eigenvalue weighted by Crippen LogP contribution is 2.27. The van der Waals surface area contributed by atoms with Crippen LogP contribution in [0.3, 0.4) is 0 Å². The van der Waals surface area contributed by atoms with Gasteiger partial charge in [-0.1, -0.05) is 24.3 Å². The number of benzene rings is 2. The van der Waals surface area contributed by atoms with Crippen molar-refractivity contribution in [3.8, 4) is 17.2 Å². The fourth-order valence-electron chi connectivity index (χ4n) is 2.96. The minimum absolute atomic E-state index is 0.0230. The summed E-state index contributed by atoms with van der Waals surface area (Å²) in [4.78, 5) is 13.8. The summed E-state index contributed by atoms with van der Waals surface area (Å²) in [5.74, 6) is -0.346. The molecular formula is C19H18FN3O. The average Bonchev–Trinajstić information content (AvgIpc) is 2.59. The number of carbonyl (C=O) groups is 1. The third-order valence-corrected chi connectivity index (χ3v) is 4.39. The highest BCUT2D eigenvalue weighted by molar-refractivity contribution is 5.97. The van der Waals surface area contributed by atoms with E-state index >= 15 is 0 Å². The molecule has 0 fully saturated rings. The molecule has 2 aromatic rings. The van der Waals surface area contributed by atoms with Gasteiger partial charge in [0.2, 0.25) is 0 Å². The third-order valence-electron chi connectivity index (χ3n) is 4.39. The molecule has 0 unspecified atom stereocenters. The normalized spacial score (nSPS) is 14.9. The molecule has 4 nitrogen and oxygen atoms in total. The Bertz CT molecular complexity index is 841. The van der Waals surface area contributed by atoms with Crippen molar-refractivity contribution in [3.63, 3.8) is 0 Å². The van der Waals surface area contributed by atoms with Gasteiger partial charge in [0.25, 0.3) is 5.91 Å². The minimum atomic E-state index is -0.711. The third kappa shape index (κ3) is 3.01. The van der Waals surface area contributed by atoms with Gasteiger partial charge in [0, 0.05) is 25.6 Å². The van der Waals surface area contributed by atoms with Crippen molar-refractivity contribution >= 4 is 5.91 Å². The van der Waals surface area contributed by atoms with Crippen LogP contribution in [0.5, 0.6) is 0 Å². The second-order valence-electron chi connectivity index (χ2n) is 6.09. The van der Waals surface area contributed by atoms with Crippen molar-refractivity contribution in [2.45, 2.75) is 18.9 Å². The number of fused-ring (bicyclic) bond motifs is 1. The second-order valence-corrected chi connectivity index (χ2v) is 6.09. The molecule has 1 amide bonds. The predicted octanol–water partition coefficient (Wildman–Crippen LogP) is 2.51. The number of nitriles is 1. The molecule has 2 aromatic carbocycles. The lowest BCUT2D eigenvalue weighted by Gasteiger charge is -2.25. The van der Waals surface area contributed by atoms with Gasteiger partial charge in [0.15, 0.2) is 0 Å². The zero-order valence-corrected chi connectivity index (χ0v) is 13.4. The number of likely N-dealkylation sites (N-methyl/N-ethyl adjacent to an activating group) is 1. The molecule has 24 heavy (non-hydrogen) atoms. The van der Waals surface area contributed by atoms with Crippen LogP contribution in [0.1, 0.15) is 21.5 Å². The quantitative estimate of drug-likeness (QED) is 0.943. The Balaban J connectivity index is 1.92. The lowest BCUT2D eigenvalue weighted by molar-refractivity contribution is 0.0781. The minimum Gasteiger partial charge on any atom is -0.341 e. The summed E-state index contributed by atoms with van der Waals surface area (Å²) in [5.41, 5.74) is 9.32. The highest BCUT2D eigenvalue weighted by atomic mass is 19.1. The van der Waals surface area contributed by atoms with E-state index in [1.807, 2.05) is 24.3 Å². The predicted molar refractivity (Wildman–Crippen MR) is 89.8 cm³/mol. The summed E-state index contributed by atoms with van der Waals surface area (Å²) < 4.78 is 14.3. The maximum Gasteiger partial charge on any atom is 0.253 e. The zero-order chi connectivity index (χ0) is 17.3. The molecule has 0 saturated carbocycles. The topological polar surface area (TPSA) is 70.1 Å². The summed E-state index contributed by atoms with van der Waals surface area (Å²) in [6.45, 7) is 0.689. The average molecular weight is 323 g/mol. The fourth-order valence-corrected chi connectivity index (χ4v) is 2.96. The molecule has 5 heteroatoms. The number of amides is 1. The molecule has 1 atom stereocenters. The van der Waals surface area contributed by atoms with Crippen molar-refractivity contribution in [1.82, 2.24) is 4.90 Å². The van der Waals surface area contributed by atoms with Gasteiger partial charge in [0.1, 0.15) is 5.82 Å². The van der Waals surface area contributed by atoms with Crippen LogP contribution in [0.15, 0.2) is 36.4 Å². The maximum absolute atomic E-state index is 14.3. The Morgan fingerprint density at radius 1 is 1.29 bits per heavy atom. The van der Waals surface area contributed by atoms with Gasteiger partial charge in [-0.05, 0) is 40.8 Å². The molecule has 1 aliphatic rings. The Hall–Kier alpha value is -2.71. The smallest absolute Gasteiger partial charge is 0.253 e. The first-order valence-corrected chi connectivity index (χ1v) is 7.82. The summed E-state index contributed by atoms with van der Waals surface area (Å²) in [7, 11) is 1.79. The first kappa shape index (κ1) is 16.2. The van der Waals surface area contributed by atoms with E-state index in [0.29, 0.717) is 17.7 Å². The van der Waals surface area contributed by atoms with Gasteiger partial charge in [-0.3, -0.25) is 4.79 Å². The maximum atomic E-state index is 14.3. The fraction of sp³-hybridized carbons (Fsp3) is 0.263. The number of rotatable bonds is 3. The number of nitrogens with zero attached hydrogens (tertiary/aromatic N) is 2. The van der Waals surface area contributed by atoms with Crippen molar-refractivity contribution in [3.05, 3.63) is 58.9 Å². The Labute approximate surface area is 140 Å². The SMILES string of the molecule is CN1CCc2cc(-c3ccc(C[C@H](N)C#N)c(F)c3)ccc2C1=O. The van der Waals surface area contributed by atoms with E-state index in [2.05, 4.69) is 0 Å². The number of hydrogen-bond donors (Lipinski definition) is 1. The van der Waals surface area contributed by atoms with Crippen LogP contribution >= 0.6 is 0 Å². The van der Waals surface area contributed by atoms with Crippen LogP contribution in [0, 0.1) is 17.1 Å². The van der Waals surface area contributed by atoms with E-state index in [0.717, 1.165) is 23.1 Å². The van der Waals surface area contributed by atoms with Crippen molar-refractivity contribution in [1.29, 1.82) is 5.26 Å². The van der Waals surface area contributed by atoms with Gasteiger partial charge in [0.05, 0.1) is 12.1 Å². The lowest BCUT2D eigenvalue weighted by Crippen LogP contribution is -2.34. The van der Waals surface area contributed by atoms with Crippen LogP contribution in [-0.2, 0) is 12.8 Å². The van der Waals surface area contributed by atoms with E-state index in [1.54, 1.807) is 24.1 Å². The zero-order valence-electron chi connectivity index (χ0n) is 13.4. The molecule has 1 aliphatic heterocycles. The highest BCUT2D eigenvalue weighted by Gasteiger charge is 2.21. The van der Waals surface area contributed by atoms with Crippen molar-refractivity contribution < 1.29 is 9.18 Å². The Kier molecular flexibility index (Phi) is 4.32. The van der Waals surface area contributed by atoms with Gasteiger partial charge in [-0.25, -0.2) is 4.39 Å². The molecule has 0 spiro atoms. The molecule has 3 rings (SSSR count). The van der Waals surface area contributed by atoms with E-state index in [-0.39, 0.29) is 18.1 Å². The van der Waals surface area contributed by atoms with Crippen LogP contribution in [0.2, 0.25) is 0 Å². The molecule has 0 bridgehead atoms. The monoisotopic (exact) mass is 323 g/mol. The Morgan fingerprint density at radius 2 is 2.00 bits per heavy atom. The molecule has 0 aromatic heterocycles. The van der Waals surface area contributed by atoms with Crippen molar-refractivity contribution in [2.24, 2.45) is 5.73 Å². The van der Waals surface area contributed by atoms with Gasteiger partial charge in [-0.15, -0.1) is 0 Å². The Morgan fingerprint density at radius 3 is 2.71 bits per heavy atom. The van der Waals surface area contributed by atoms with Crippen LogP contribution in [-0.4, -0.2) is 30.4 Å². The first-order valence-electron chi connectivity index (χ1n) is 7.82. The van der Waals surface area contributed by atoms with Crippen LogP contribution < -0.4 is 5.73 Å². The van der Waals surface area contributed by atoms with E-state index in [9.17, 15) is 9.18 Å². The summed E-state index contributed by atoms with van der Waals surface area (Å²) in [5, 5.41) is 8.74. The summed E-state index contributed by atoms with van der Waals surface area (Å²) in [6.07, 6.45) is 0.983. The number of carbonyl (C=O) groups excluding carboxylic acids is 1. The molecule has 1 heterocycles. The molecule has 0 radical (unpaired) electrons. The van der Waals surface area contributed by atoms with Crippen molar-refractivity contribution in [2.75, 3.05) is 13.6 Å². The summed E-state index contributed by atoms with van der Waals surface area (Å²) in [6, 6.07) is 11.7.